The quantitative estimate of drug-likeness (QED) is 0.859. The highest BCUT2D eigenvalue weighted by Crippen LogP contribution is 2.35. The molecule has 0 saturated carbocycles. The van der Waals surface area contributed by atoms with Gasteiger partial charge in [-0.15, -0.1) is 0 Å². The van der Waals surface area contributed by atoms with E-state index in [4.69, 9.17) is 11.6 Å². The number of fused-ring (bicyclic) bond motifs is 1. The molecule has 0 fully saturated rings. The van der Waals surface area contributed by atoms with E-state index >= 15 is 0 Å². The second-order valence-electron chi connectivity index (χ2n) is 4.27. The number of hydrogen-bond acceptors (Lipinski definition) is 2. The van der Waals surface area contributed by atoms with Crippen molar-refractivity contribution in [1.82, 2.24) is 5.32 Å². The van der Waals surface area contributed by atoms with Crippen LogP contribution in [0.3, 0.4) is 0 Å². The van der Waals surface area contributed by atoms with Gasteiger partial charge in [0, 0.05) is 16.8 Å². The fourth-order valence-corrected chi connectivity index (χ4v) is 3.75. The molecule has 0 amide bonds. The molecular formula is C13H18ClNS. The van der Waals surface area contributed by atoms with Crippen molar-refractivity contribution in [3.63, 3.8) is 0 Å². The Hall–Kier alpha value is -0.180. The normalized spacial score (nSPS) is 20.3. The lowest BCUT2D eigenvalue weighted by Gasteiger charge is -2.19. The van der Waals surface area contributed by atoms with Crippen LogP contribution in [0, 0.1) is 6.92 Å². The van der Waals surface area contributed by atoms with Gasteiger partial charge in [-0.05, 0) is 48.4 Å². The van der Waals surface area contributed by atoms with Crippen molar-refractivity contribution in [1.29, 1.82) is 0 Å². The van der Waals surface area contributed by atoms with E-state index in [2.05, 4.69) is 31.3 Å². The number of halogens is 1. The molecule has 0 saturated heterocycles. The van der Waals surface area contributed by atoms with Gasteiger partial charge in [0.25, 0.3) is 0 Å². The summed E-state index contributed by atoms with van der Waals surface area (Å²) in [6.45, 7) is 5.29. The third kappa shape index (κ3) is 2.55. The first kappa shape index (κ1) is 12.3. The Kier molecular flexibility index (Phi) is 4.17. The van der Waals surface area contributed by atoms with Gasteiger partial charge in [-0.1, -0.05) is 24.6 Å². The summed E-state index contributed by atoms with van der Waals surface area (Å²) in [7, 11) is 0. The molecule has 16 heavy (non-hydrogen) atoms. The summed E-state index contributed by atoms with van der Waals surface area (Å²) < 4.78 is 0. The third-order valence-electron chi connectivity index (χ3n) is 3.00. The van der Waals surface area contributed by atoms with E-state index < -0.39 is 0 Å². The maximum absolute atomic E-state index is 6.34. The molecule has 0 radical (unpaired) electrons. The largest absolute Gasteiger partial charge is 0.310 e. The van der Waals surface area contributed by atoms with Crippen molar-refractivity contribution in [2.45, 2.75) is 32.1 Å². The Morgan fingerprint density at radius 2 is 2.31 bits per heavy atom. The van der Waals surface area contributed by atoms with Crippen molar-refractivity contribution in [3.8, 4) is 0 Å². The molecule has 0 aromatic heterocycles. The zero-order valence-corrected chi connectivity index (χ0v) is 11.4. The van der Waals surface area contributed by atoms with E-state index in [9.17, 15) is 0 Å². The highest BCUT2D eigenvalue weighted by atomic mass is 35.5. The van der Waals surface area contributed by atoms with Gasteiger partial charge in [0.2, 0.25) is 0 Å². The van der Waals surface area contributed by atoms with Crippen LogP contribution in [0.5, 0.6) is 0 Å². The van der Waals surface area contributed by atoms with Crippen LogP contribution in [0.2, 0.25) is 5.02 Å². The number of nitrogens with one attached hydrogen (secondary N) is 1. The summed E-state index contributed by atoms with van der Waals surface area (Å²) in [5.41, 5.74) is 4.01. The van der Waals surface area contributed by atoms with Gasteiger partial charge >= 0.3 is 0 Å². The number of thioether (sulfide) groups is 1. The lowest BCUT2D eigenvalue weighted by atomic mass is 9.97. The van der Waals surface area contributed by atoms with Crippen LogP contribution in [0.15, 0.2) is 12.1 Å². The van der Waals surface area contributed by atoms with Gasteiger partial charge in [0.05, 0.1) is 0 Å². The lowest BCUT2D eigenvalue weighted by molar-refractivity contribution is 0.540. The first-order valence-corrected chi connectivity index (χ1v) is 7.35. The smallest absolute Gasteiger partial charge is 0.0452 e. The van der Waals surface area contributed by atoms with E-state index in [1.165, 1.54) is 28.9 Å². The van der Waals surface area contributed by atoms with Crippen molar-refractivity contribution in [2.75, 3.05) is 12.3 Å². The van der Waals surface area contributed by atoms with Crippen molar-refractivity contribution >= 4 is 23.4 Å². The average molecular weight is 256 g/mol. The van der Waals surface area contributed by atoms with E-state index in [-0.39, 0.29) is 0 Å². The molecule has 1 unspecified atom stereocenters. The predicted octanol–water partition coefficient (Wildman–Crippen LogP) is 3.94. The highest BCUT2D eigenvalue weighted by Gasteiger charge is 2.20. The Balaban J connectivity index is 2.43. The fraction of sp³-hybridized carbons (Fsp3) is 0.538. The fourth-order valence-electron chi connectivity index (χ4n) is 2.25. The van der Waals surface area contributed by atoms with Gasteiger partial charge in [-0.2, -0.15) is 11.8 Å². The van der Waals surface area contributed by atoms with Crippen LogP contribution in [-0.2, 0) is 5.75 Å². The van der Waals surface area contributed by atoms with Gasteiger partial charge in [-0.3, -0.25) is 0 Å². The summed E-state index contributed by atoms with van der Waals surface area (Å²) >= 11 is 8.33. The van der Waals surface area contributed by atoms with E-state index in [1.54, 1.807) is 0 Å². The number of aryl methyl sites for hydroxylation is 1. The summed E-state index contributed by atoms with van der Waals surface area (Å²) in [5.74, 6) is 2.26. The molecule has 88 valence electrons. The number of hydrogen-bond donors (Lipinski definition) is 1. The molecule has 1 aromatic rings. The Bertz CT molecular complexity index is 378. The molecule has 1 N–H and O–H groups in total. The molecule has 1 atom stereocenters. The minimum absolute atomic E-state index is 0.479. The van der Waals surface area contributed by atoms with Crippen LogP contribution >= 0.6 is 23.4 Å². The van der Waals surface area contributed by atoms with Crippen LogP contribution in [0.1, 0.15) is 36.1 Å². The first-order chi connectivity index (χ1) is 7.72. The summed E-state index contributed by atoms with van der Waals surface area (Å²) in [5, 5.41) is 4.50. The van der Waals surface area contributed by atoms with E-state index in [1.807, 2.05) is 11.8 Å². The Morgan fingerprint density at radius 1 is 1.50 bits per heavy atom. The van der Waals surface area contributed by atoms with Crippen molar-refractivity contribution in [3.05, 3.63) is 33.8 Å². The van der Waals surface area contributed by atoms with E-state index in [0.717, 1.165) is 17.3 Å². The minimum Gasteiger partial charge on any atom is -0.310 e. The molecule has 1 aromatic carbocycles. The van der Waals surface area contributed by atoms with Gasteiger partial charge < -0.3 is 5.32 Å². The topological polar surface area (TPSA) is 12.0 Å². The van der Waals surface area contributed by atoms with Crippen LogP contribution in [-0.4, -0.2) is 12.3 Å². The van der Waals surface area contributed by atoms with E-state index in [0.29, 0.717) is 6.04 Å². The molecule has 2 rings (SSSR count). The second-order valence-corrected chi connectivity index (χ2v) is 5.78. The molecule has 0 bridgehead atoms. The molecule has 0 aliphatic carbocycles. The standard InChI is InChI=1S/C13H18ClNS/c1-3-15-13-4-5-16-8-11-10(13)6-9(2)7-12(11)14/h6-7,13,15H,3-5,8H2,1-2H3. The van der Waals surface area contributed by atoms with Crippen LogP contribution in [0.4, 0.5) is 0 Å². The molecule has 3 heteroatoms. The lowest BCUT2D eigenvalue weighted by Crippen LogP contribution is -2.21. The zero-order chi connectivity index (χ0) is 11.5. The second kappa shape index (κ2) is 5.44. The van der Waals surface area contributed by atoms with Crippen molar-refractivity contribution in [2.24, 2.45) is 0 Å². The Morgan fingerprint density at radius 3 is 3.06 bits per heavy atom. The molecular weight excluding hydrogens is 238 g/mol. The average Bonchev–Trinajstić information content (AvgIpc) is 2.42. The maximum Gasteiger partial charge on any atom is 0.0452 e. The van der Waals surface area contributed by atoms with Gasteiger partial charge in [0.15, 0.2) is 0 Å². The molecule has 1 aliphatic rings. The summed E-state index contributed by atoms with van der Waals surface area (Å²) in [6, 6.07) is 4.85. The molecule has 1 nitrogen and oxygen atoms in total. The third-order valence-corrected chi connectivity index (χ3v) is 4.35. The SMILES string of the molecule is CCNC1CCSCc2c(Cl)cc(C)cc21. The van der Waals surface area contributed by atoms with Crippen molar-refractivity contribution < 1.29 is 0 Å². The number of rotatable bonds is 2. The van der Waals surface area contributed by atoms with Crippen LogP contribution < -0.4 is 5.32 Å². The predicted molar refractivity (Wildman–Crippen MR) is 73.4 cm³/mol. The minimum atomic E-state index is 0.479. The molecule has 0 spiro atoms. The Labute approximate surface area is 107 Å². The maximum atomic E-state index is 6.34. The first-order valence-electron chi connectivity index (χ1n) is 5.82. The summed E-state index contributed by atoms with van der Waals surface area (Å²) in [6.07, 6.45) is 1.20. The molecule has 1 aliphatic heterocycles. The number of benzene rings is 1. The molecule has 1 heterocycles. The summed E-state index contributed by atoms with van der Waals surface area (Å²) in [4.78, 5) is 0. The van der Waals surface area contributed by atoms with Gasteiger partial charge in [0.1, 0.15) is 0 Å². The zero-order valence-electron chi connectivity index (χ0n) is 9.85. The van der Waals surface area contributed by atoms with Crippen LogP contribution in [0.25, 0.3) is 0 Å². The highest BCUT2D eigenvalue weighted by molar-refractivity contribution is 7.98. The van der Waals surface area contributed by atoms with Gasteiger partial charge in [-0.25, -0.2) is 0 Å². The monoisotopic (exact) mass is 255 g/mol.